The Bertz CT molecular complexity index is 1790. The molecule has 1 aliphatic carbocycles. The summed E-state index contributed by atoms with van der Waals surface area (Å²) in [5.41, 5.74) is 12.2. The van der Waals surface area contributed by atoms with Crippen molar-refractivity contribution in [1.82, 2.24) is 5.32 Å². The summed E-state index contributed by atoms with van der Waals surface area (Å²) < 4.78 is 5.33. The molecular weight excluding hydrogens is 598 g/mol. The van der Waals surface area contributed by atoms with Crippen LogP contribution in [-0.2, 0) is 20.9 Å². The van der Waals surface area contributed by atoms with E-state index in [0.29, 0.717) is 25.3 Å². The minimum absolute atomic E-state index is 0.241. The lowest BCUT2D eigenvalue weighted by atomic mass is 9.80. The molecule has 6 rings (SSSR count). The topological polar surface area (TPSA) is 102 Å². The number of ether oxygens (including phenoxy) is 1. The van der Waals surface area contributed by atoms with E-state index in [2.05, 4.69) is 18.0 Å². The summed E-state index contributed by atoms with van der Waals surface area (Å²) in [7, 11) is 1.65. The first-order chi connectivity index (χ1) is 23.4. The molecule has 3 atom stereocenters. The highest BCUT2D eigenvalue weighted by Crippen LogP contribution is 2.42. The van der Waals surface area contributed by atoms with Gasteiger partial charge < -0.3 is 20.7 Å². The number of carbonyl (C=O) groups excluding carboxylic acids is 3. The average Bonchev–Trinajstić information content (AvgIpc) is 3.61. The number of hydrogen-bond acceptors (Lipinski definition) is 4. The van der Waals surface area contributed by atoms with Crippen LogP contribution in [0.4, 0.5) is 5.69 Å². The number of primary amides is 1. The van der Waals surface area contributed by atoms with Gasteiger partial charge in [0.1, 0.15) is 11.8 Å². The molecule has 246 valence electrons. The van der Waals surface area contributed by atoms with Crippen molar-refractivity contribution in [3.8, 4) is 28.0 Å². The third-order valence-corrected chi connectivity index (χ3v) is 9.92. The van der Waals surface area contributed by atoms with Gasteiger partial charge in [-0.25, -0.2) is 0 Å². The van der Waals surface area contributed by atoms with E-state index in [4.69, 9.17) is 10.5 Å². The highest BCUT2D eigenvalue weighted by atomic mass is 16.5. The highest BCUT2D eigenvalue weighted by Gasteiger charge is 2.39. The normalized spacial score (nSPS) is 17.1. The molecular formula is C41H43N3O4. The number of methoxy groups -OCH3 is 1. The first-order valence-electron chi connectivity index (χ1n) is 16.8. The lowest BCUT2D eigenvalue weighted by molar-refractivity contribution is -0.136. The molecule has 48 heavy (non-hydrogen) atoms. The second-order valence-corrected chi connectivity index (χ2v) is 12.9. The Hall–Kier alpha value is -5.17. The third-order valence-electron chi connectivity index (χ3n) is 9.92. The number of nitrogens with one attached hydrogen (secondary N) is 1. The molecule has 0 aromatic heterocycles. The minimum Gasteiger partial charge on any atom is -0.497 e. The zero-order valence-electron chi connectivity index (χ0n) is 27.4. The van der Waals surface area contributed by atoms with Crippen LogP contribution in [-0.4, -0.2) is 24.8 Å². The van der Waals surface area contributed by atoms with E-state index >= 15 is 0 Å². The molecule has 1 aliphatic heterocycles. The molecule has 7 nitrogen and oxygen atoms in total. The molecule has 0 saturated heterocycles. The summed E-state index contributed by atoms with van der Waals surface area (Å²) in [4.78, 5) is 43.6. The fraction of sp³-hybridized carbons (Fsp3) is 0.293. The van der Waals surface area contributed by atoms with Crippen molar-refractivity contribution in [2.24, 2.45) is 23.5 Å². The molecule has 0 bridgehead atoms. The highest BCUT2D eigenvalue weighted by molar-refractivity contribution is 6.06. The lowest BCUT2D eigenvalue weighted by Gasteiger charge is -2.30. The van der Waals surface area contributed by atoms with Gasteiger partial charge in [-0.3, -0.25) is 14.4 Å². The molecule has 1 saturated carbocycles. The minimum atomic E-state index is -0.964. The third kappa shape index (κ3) is 6.91. The van der Waals surface area contributed by atoms with Crippen LogP contribution in [0.5, 0.6) is 5.75 Å². The lowest BCUT2D eigenvalue weighted by Crippen LogP contribution is -2.47. The largest absolute Gasteiger partial charge is 0.497 e. The SMILES string of the molecule is C=CCC(C(N)=O)C(CC1CCCC1)C(=O)NC1C(=O)N(Cc2cccc(-c3ccc(OC)cc3)c2)c2ccccc2-c2ccccc21. The summed E-state index contributed by atoms with van der Waals surface area (Å²) in [5, 5.41) is 3.15. The molecule has 0 radical (unpaired) electrons. The van der Waals surface area contributed by atoms with Crippen LogP contribution in [0, 0.1) is 17.8 Å². The van der Waals surface area contributed by atoms with E-state index in [1.54, 1.807) is 18.1 Å². The Morgan fingerprint density at radius 1 is 0.917 bits per heavy atom. The maximum absolute atomic E-state index is 14.8. The van der Waals surface area contributed by atoms with Crippen LogP contribution in [0.2, 0.25) is 0 Å². The maximum Gasteiger partial charge on any atom is 0.254 e. The number of para-hydroxylation sites is 1. The van der Waals surface area contributed by atoms with Crippen molar-refractivity contribution < 1.29 is 19.1 Å². The van der Waals surface area contributed by atoms with Gasteiger partial charge in [-0.05, 0) is 70.8 Å². The van der Waals surface area contributed by atoms with Crippen LogP contribution in [0.3, 0.4) is 0 Å². The van der Waals surface area contributed by atoms with Crippen molar-refractivity contribution in [2.45, 2.75) is 51.1 Å². The summed E-state index contributed by atoms with van der Waals surface area (Å²) >= 11 is 0. The number of amides is 3. The number of anilines is 1. The van der Waals surface area contributed by atoms with E-state index in [1.165, 1.54) is 0 Å². The second-order valence-electron chi connectivity index (χ2n) is 12.9. The predicted molar refractivity (Wildman–Crippen MR) is 190 cm³/mol. The van der Waals surface area contributed by atoms with Gasteiger partial charge in [0.2, 0.25) is 11.8 Å². The molecule has 0 spiro atoms. The summed E-state index contributed by atoms with van der Waals surface area (Å²) in [6.07, 6.45) is 6.77. The van der Waals surface area contributed by atoms with Crippen molar-refractivity contribution >= 4 is 23.4 Å². The Kier molecular flexibility index (Phi) is 10.0. The molecule has 3 N–H and O–H groups in total. The molecule has 3 unspecified atom stereocenters. The number of benzene rings is 4. The molecule has 4 aromatic rings. The fourth-order valence-corrected chi connectivity index (χ4v) is 7.42. The van der Waals surface area contributed by atoms with Crippen molar-refractivity contribution in [3.05, 3.63) is 121 Å². The van der Waals surface area contributed by atoms with Gasteiger partial charge in [0.15, 0.2) is 0 Å². The van der Waals surface area contributed by atoms with Gasteiger partial charge in [-0.2, -0.15) is 0 Å². The predicted octanol–water partition coefficient (Wildman–Crippen LogP) is 7.61. The monoisotopic (exact) mass is 641 g/mol. The van der Waals surface area contributed by atoms with E-state index in [0.717, 1.165) is 70.5 Å². The van der Waals surface area contributed by atoms with Crippen LogP contribution in [0.1, 0.15) is 55.7 Å². The van der Waals surface area contributed by atoms with Crippen molar-refractivity contribution in [3.63, 3.8) is 0 Å². The second kappa shape index (κ2) is 14.7. The van der Waals surface area contributed by atoms with Crippen molar-refractivity contribution in [1.29, 1.82) is 0 Å². The molecule has 1 fully saturated rings. The Morgan fingerprint density at radius 2 is 1.62 bits per heavy atom. The van der Waals surface area contributed by atoms with E-state index in [9.17, 15) is 14.4 Å². The summed E-state index contributed by atoms with van der Waals surface area (Å²) in [6.45, 7) is 4.12. The van der Waals surface area contributed by atoms with E-state index in [-0.39, 0.29) is 11.8 Å². The number of fused-ring (bicyclic) bond motifs is 3. The number of nitrogens with zero attached hydrogens (tertiary/aromatic N) is 1. The van der Waals surface area contributed by atoms with Gasteiger partial charge in [0.05, 0.1) is 31.2 Å². The Labute approximate surface area is 282 Å². The number of nitrogens with two attached hydrogens (primary N) is 1. The first kappa shape index (κ1) is 32.8. The first-order valence-corrected chi connectivity index (χ1v) is 16.8. The number of rotatable bonds is 12. The van der Waals surface area contributed by atoms with Gasteiger partial charge in [0, 0.05) is 5.56 Å². The van der Waals surface area contributed by atoms with Gasteiger partial charge in [-0.15, -0.1) is 6.58 Å². The van der Waals surface area contributed by atoms with E-state index in [1.807, 2.05) is 91.0 Å². The van der Waals surface area contributed by atoms with E-state index < -0.39 is 23.8 Å². The van der Waals surface area contributed by atoms with Gasteiger partial charge in [-0.1, -0.05) is 105 Å². The Balaban J connectivity index is 1.37. The quantitative estimate of drug-likeness (QED) is 0.156. The standard InChI is InChI=1S/C41H43N3O4/c1-3-11-35(39(42)45)36(25-27-12-4-5-13-27)40(46)43-38-34-18-7-6-16-32(34)33-17-8-9-19-37(33)44(41(38)47)26-28-14-10-15-30(24-28)29-20-22-31(48-2)23-21-29/h3,6-10,14-24,27,35-36,38H,1,4-5,11-13,25-26H2,2H3,(H2,42,45)(H,43,46). The van der Waals surface area contributed by atoms with Gasteiger partial charge >= 0.3 is 0 Å². The molecule has 7 heteroatoms. The number of allylic oxidation sites excluding steroid dienone is 1. The average molecular weight is 642 g/mol. The van der Waals surface area contributed by atoms with Gasteiger partial charge in [0.25, 0.3) is 5.91 Å². The molecule has 1 heterocycles. The van der Waals surface area contributed by atoms with Crippen LogP contribution < -0.4 is 20.7 Å². The maximum atomic E-state index is 14.8. The smallest absolute Gasteiger partial charge is 0.254 e. The fourth-order valence-electron chi connectivity index (χ4n) is 7.42. The van der Waals surface area contributed by atoms with Crippen LogP contribution in [0.15, 0.2) is 110 Å². The molecule has 2 aliphatic rings. The Morgan fingerprint density at radius 3 is 2.33 bits per heavy atom. The van der Waals surface area contributed by atoms with Crippen LogP contribution in [0.25, 0.3) is 22.3 Å². The number of carbonyl (C=O) groups is 3. The number of hydrogen-bond donors (Lipinski definition) is 2. The van der Waals surface area contributed by atoms with Crippen molar-refractivity contribution in [2.75, 3.05) is 12.0 Å². The summed E-state index contributed by atoms with van der Waals surface area (Å²) in [5.74, 6) is -1.33. The summed E-state index contributed by atoms with van der Waals surface area (Å²) in [6, 6.07) is 30.7. The molecule has 4 aromatic carbocycles. The zero-order chi connectivity index (χ0) is 33.6. The van der Waals surface area contributed by atoms with Crippen LogP contribution >= 0.6 is 0 Å². The molecule has 3 amide bonds. The zero-order valence-corrected chi connectivity index (χ0v) is 27.4.